The topological polar surface area (TPSA) is 32.3 Å². The number of hydrogen-bond donors (Lipinski definition) is 1. The van der Waals surface area contributed by atoms with Crippen LogP contribution in [0, 0.1) is 23.1 Å². The van der Waals surface area contributed by atoms with Gasteiger partial charge in [0.05, 0.1) is 6.04 Å². The predicted molar refractivity (Wildman–Crippen MR) is 122 cm³/mol. The van der Waals surface area contributed by atoms with E-state index in [9.17, 15) is 9.18 Å². The van der Waals surface area contributed by atoms with Crippen LogP contribution in [0.4, 0.5) is 4.39 Å². The van der Waals surface area contributed by atoms with Gasteiger partial charge < -0.3 is 10.2 Å². The average molecular weight is 435 g/mol. The fourth-order valence-electron chi connectivity index (χ4n) is 5.00. The molecule has 5 heteroatoms. The number of nitrogens with one attached hydrogen (secondary N) is 1. The van der Waals surface area contributed by atoms with Crippen LogP contribution in [0.3, 0.4) is 0 Å². The molecule has 2 unspecified atom stereocenters. The number of allylic oxidation sites excluding steroid dienone is 2. The second-order valence-corrected chi connectivity index (χ2v) is 10.5. The van der Waals surface area contributed by atoms with Gasteiger partial charge in [-0.1, -0.05) is 57.5 Å². The number of likely N-dealkylation sites (tertiary alicyclic amines) is 1. The van der Waals surface area contributed by atoms with Gasteiger partial charge in [0.25, 0.3) is 0 Å². The van der Waals surface area contributed by atoms with E-state index < -0.39 is 0 Å². The first kappa shape index (κ1) is 23.3. The van der Waals surface area contributed by atoms with Crippen molar-refractivity contribution in [3.63, 3.8) is 0 Å². The summed E-state index contributed by atoms with van der Waals surface area (Å²) in [6, 6.07) is 6.69. The van der Waals surface area contributed by atoms with E-state index in [4.69, 9.17) is 11.6 Å². The summed E-state index contributed by atoms with van der Waals surface area (Å²) in [5.41, 5.74) is 1.11. The number of benzene rings is 1. The molecule has 1 aliphatic carbocycles. The number of rotatable bonds is 6. The lowest BCUT2D eigenvalue weighted by Crippen LogP contribution is -2.55. The Hall–Kier alpha value is -1.39. The first-order chi connectivity index (χ1) is 14.2. The molecule has 0 radical (unpaired) electrons. The predicted octanol–water partition coefficient (Wildman–Crippen LogP) is 5.70. The van der Waals surface area contributed by atoms with E-state index in [1.54, 1.807) is 0 Å². The van der Waals surface area contributed by atoms with Crippen LogP contribution in [0.5, 0.6) is 0 Å². The molecule has 3 rings (SSSR count). The van der Waals surface area contributed by atoms with Crippen LogP contribution in [0.15, 0.2) is 35.4 Å². The van der Waals surface area contributed by atoms with Gasteiger partial charge in [0, 0.05) is 18.1 Å². The molecule has 1 amide bonds. The van der Waals surface area contributed by atoms with E-state index in [1.807, 2.05) is 17.0 Å². The van der Waals surface area contributed by atoms with Crippen molar-refractivity contribution in [3.8, 4) is 0 Å². The lowest BCUT2D eigenvalue weighted by Gasteiger charge is -2.46. The normalized spacial score (nSPS) is 25.2. The molecule has 1 aliphatic heterocycles. The van der Waals surface area contributed by atoms with E-state index >= 15 is 0 Å². The van der Waals surface area contributed by atoms with Crippen LogP contribution < -0.4 is 5.32 Å². The van der Waals surface area contributed by atoms with Crippen molar-refractivity contribution in [1.29, 1.82) is 0 Å². The molecule has 166 valence electrons. The maximum atomic E-state index is 13.4. The van der Waals surface area contributed by atoms with E-state index in [2.05, 4.69) is 39.1 Å². The molecule has 2 aliphatic rings. The van der Waals surface area contributed by atoms with Gasteiger partial charge >= 0.3 is 0 Å². The summed E-state index contributed by atoms with van der Waals surface area (Å²) >= 11 is 6.10. The third kappa shape index (κ3) is 5.64. The van der Waals surface area contributed by atoms with Gasteiger partial charge in [0.1, 0.15) is 5.82 Å². The molecule has 0 aromatic heterocycles. The zero-order valence-electron chi connectivity index (χ0n) is 18.8. The van der Waals surface area contributed by atoms with Crippen molar-refractivity contribution in [2.24, 2.45) is 17.3 Å². The summed E-state index contributed by atoms with van der Waals surface area (Å²) in [5.74, 6) is 1.11. The number of halogens is 2. The Kier molecular flexibility index (Phi) is 7.62. The minimum Gasteiger partial charge on any atom is -0.341 e. The number of carbonyl (C=O) groups excluding carboxylic acids is 1. The van der Waals surface area contributed by atoms with Crippen molar-refractivity contribution >= 4 is 17.5 Å². The first-order valence-corrected chi connectivity index (χ1v) is 11.7. The Morgan fingerprint density at radius 1 is 1.27 bits per heavy atom. The highest BCUT2D eigenvalue weighted by Crippen LogP contribution is 2.42. The molecule has 1 N–H and O–H groups in total. The average Bonchev–Trinajstić information content (AvgIpc) is 2.69. The smallest absolute Gasteiger partial charge is 0.239 e. The number of piperidine rings is 1. The number of hydrogen-bond acceptors (Lipinski definition) is 2. The molecule has 1 fully saturated rings. The molecule has 30 heavy (non-hydrogen) atoms. The van der Waals surface area contributed by atoms with Crippen molar-refractivity contribution in [3.05, 3.63) is 46.8 Å². The second kappa shape index (κ2) is 9.82. The Balaban J connectivity index is 1.62. The lowest BCUT2D eigenvalue weighted by atomic mass is 9.70. The molecule has 0 bridgehead atoms. The summed E-state index contributed by atoms with van der Waals surface area (Å²) in [7, 11) is 0. The van der Waals surface area contributed by atoms with Crippen LogP contribution in [0.25, 0.3) is 0 Å². The molecule has 0 spiro atoms. The maximum absolute atomic E-state index is 13.4. The van der Waals surface area contributed by atoms with Crippen molar-refractivity contribution in [2.75, 3.05) is 19.6 Å². The molecule has 1 heterocycles. The lowest BCUT2D eigenvalue weighted by molar-refractivity contribution is -0.138. The molecule has 0 saturated carbocycles. The first-order valence-electron chi connectivity index (χ1n) is 11.3. The van der Waals surface area contributed by atoms with Gasteiger partial charge in [-0.3, -0.25) is 4.79 Å². The SMILES string of the molecule is CC(C)[C@@H](NCC1CC=C(Cl)CC1)C(=O)N1CCC(c2ccc(F)cc2)C(C)(C)C1. The molecular formula is C25H36ClFN2O. The quantitative estimate of drug-likeness (QED) is 0.622. The van der Waals surface area contributed by atoms with Gasteiger partial charge in [-0.15, -0.1) is 0 Å². The monoisotopic (exact) mass is 434 g/mol. The highest BCUT2D eigenvalue weighted by atomic mass is 35.5. The van der Waals surface area contributed by atoms with Crippen molar-refractivity contribution in [2.45, 2.75) is 65.3 Å². The highest BCUT2D eigenvalue weighted by Gasteiger charge is 2.40. The number of nitrogens with zero attached hydrogens (tertiary/aromatic N) is 1. The Morgan fingerprint density at radius 2 is 1.97 bits per heavy atom. The van der Waals surface area contributed by atoms with Gasteiger partial charge in [-0.05, 0) is 73.1 Å². The molecular weight excluding hydrogens is 399 g/mol. The molecule has 1 aromatic rings. The van der Waals surface area contributed by atoms with Crippen LogP contribution >= 0.6 is 11.6 Å². The van der Waals surface area contributed by atoms with Gasteiger partial charge in [0.15, 0.2) is 0 Å². The summed E-state index contributed by atoms with van der Waals surface area (Å²) in [6.45, 7) is 11.0. The van der Waals surface area contributed by atoms with E-state index in [-0.39, 0.29) is 29.1 Å². The van der Waals surface area contributed by atoms with Crippen LogP contribution in [0.2, 0.25) is 0 Å². The zero-order chi connectivity index (χ0) is 21.9. The summed E-state index contributed by atoms with van der Waals surface area (Å²) in [6.07, 6.45) is 6.03. The molecule has 3 atom stereocenters. The number of carbonyl (C=O) groups is 1. The van der Waals surface area contributed by atoms with E-state index in [0.717, 1.165) is 55.9 Å². The summed E-state index contributed by atoms with van der Waals surface area (Å²) in [5, 5.41) is 4.54. The minimum absolute atomic E-state index is 0.0574. The standard InChI is InChI=1S/C25H36ClFN2O/c1-17(2)23(28-15-18-5-9-20(26)10-6-18)24(30)29-14-13-22(25(3,4)16-29)19-7-11-21(27)12-8-19/h7-9,11-12,17-18,22-23,28H,5-6,10,13-16H2,1-4H3/t18?,22?,23-/m1/s1. The van der Waals surface area contributed by atoms with E-state index in [0.29, 0.717) is 11.8 Å². The minimum atomic E-state index is -0.203. The van der Waals surface area contributed by atoms with Gasteiger partial charge in [-0.2, -0.15) is 0 Å². The fraction of sp³-hybridized carbons (Fsp3) is 0.640. The Labute approximate surface area is 186 Å². The third-order valence-electron chi connectivity index (χ3n) is 6.84. The molecule has 1 aromatic carbocycles. The Morgan fingerprint density at radius 3 is 2.53 bits per heavy atom. The molecule has 1 saturated heterocycles. The Bertz CT molecular complexity index is 759. The van der Waals surface area contributed by atoms with E-state index in [1.165, 1.54) is 12.1 Å². The van der Waals surface area contributed by atoms with Gasteiger partial charge in [-0.25, -0.2) is 4.39 Å². The van der Waals surface area contributed by atoms with Crippen LogP contribution in [-0.4, -0.2) is 36.5 Å². The zero-order valence-corrected chi connectivity index (χ0v) is 19.5. The van der Waals surface area contributed by atoms with Crippen molar-refractivity contribution < 1.29 is 9.18 Å². The van der Waals surface area contributed by atoms with Crippen molar-refractivity contribution in [1.82, 2.24) is 10.2 Å². The molecule has 3 nitrogen and oxygen atoms in total. The maximum Gasteiger partial charge on any atom is 0.239 e. The third-order valence-corrected chi connectivity index (χ3v) is 7.18. The van der Waals surface area contributed by atoms with Gasteiger partial charge in [0.2, 0.25) is 5.91 Å². The van der Waals surface area contributed by atoms with Crippen LogP contribution in [0.1, 0.15) is 64.9 Å². The van der Waals surface area contributed by atoms with Crippen LogP contribution in [-0.2, 0) is 4.79 Å². The summed E-state index contributed by atoms with van der Waals surface area (Å²) in [4.78, 5) is 15.5. The largest absolute Gasteiger partial charge is 0.341 e. The second-order valence-electron chi connectivity index (χ2n) is 10.1. The number of amides is 1. The summed E-state index contributed by atoms with van der Waals surface area (Å²) < 4.78 is 13.3. The highest BCUT2D eigenvalue weighted by molar-refractivity contribution is 6.29. The fourth-order valence-corrected chi connectivity index (χ4v) is 5.20.